The highest BCUT2D eigenvalue weighted by molar-refractivity contribution is 5.69. The number of fused-ring (bicyclic) bond motifs is 1. The van der Waals surface area contributed by atoms with Crippen LogP contribution in [0.5, 0.6) is 0 Å². The second kappa shape index (κ2) is 3.11. The van der Waals surface area contributed by atoms with Crippen LogP contribution < -0.4 is 4.90 Å². The van der Waals surface area contributed by atoms with Crippen LogP contribution in [0, 0.1) is 0 Å². The maximum Gasteiger partial charge on any atom is 0.128 e. The highest BCUT2D eigenvalue weighted by atomic mass is 16.3. The Morgan fingerprint density at radius 2 is 1.93 bits per heavy atom. The van der Waals surface area contributed by atoms with Crippen LogP contribution in [0.4, 0.5) is 5.69 Å². The Labute approximate surface area is 90.8 Å². The molecule has 15 heavy (non-hydrogen) atoms. The Morgan fingerprint density at radius 3 is 2.53 bits per heavy atom. The molecule has 0 aromatic heterocycles. The van der Waals surface area contributed by atoms with Crippen LogP contribution in [0.15, 0.2) is 36.5 Å². The van der Waals surface area contributed by atoms with Gasteiger partial charge >= 0.3 is 0 Å². The van der Waals surface area contributed by atoms with Gasteiger partial charge in [-0.05, 0) is 18.6 Å². The van der Waals surface area contributed by atoms with Crippen molar-refractivity contribution in [3.63, 3.8) is 0 Å². The molecule has 1 aliphatic heterocycles. The van der Waals surface area contributed by atoms with Crippen LogP contribution in [0.3, 0.4) is 0 Å². The first-order valence-electron chi connectivity index (χ1n) is 5.22. The van der Waals surface area contributed by atoms with Crippen LogP contribution in [0.25, 0.3) is 0 Å². The molecule has 2 heteroatoms. The molecule has 1 heterocycles. The zero-order valence-electron chi connectivity index (χ0n) is 9.49. The van der Waals surface area contributed by atoms with Gasteiger partial charge in [-0.3, -0.25) is 0 Å². The molecule has 1 N–H and O–H groups in total. The molecule has 1 aliphatic rings. The smallest absolute Gasteiger partial charge is 0.128 e. The Bertz CT molecular complexity index is 407. The third kappa shape index (κ3) is 1.29. The first-order valence-corrected chi connectivity index (χ1v) is 5.22. The van der Waals surface area contributed by atoms with E-state index in [4.69, 9.17) is 0 Å². The van der Waals surface area contributed by atoms with Crippen molar-refractivity contribution in [3.8, 4) is 0 Å². The number of anilines is 1. The fourth-order valence-corrected chi connectivity index (χ4v) is 2.24. The van der Waals surface area contributed by atoms with Crippen molar-refractivity contribution in [2.45, 2.75) is 32.4 Å². The van der Waals surface area contributed by atoms with Crippen molar-refractivity contribution in [2.24, 2.45) is 0 Å². The molecule has 1 aromatic rings. The summed E-state index contributed by atoms with van der Waals surface area (Å²) in [4.78, 5) is 1.90. The number of aliphatic hydroxyl groups excluding tert-OH is 1. The number of nitrogens with zero attached hydrogens (tertiary/aromatic N) is 1. The van der Waals surface area contributed by atoms with Gasteiger partial charge in [0.15, 0.2) is 0 Å². The third-order valence-electron chi connectivity index (χ3n) is 3.22. The molecule has 80 valence electrons. The standard InChI is InChI=1S/C13H17NO/c1-9-13(3,4)11-7-5-6-8-12(11)14(9)10(2)15/h5-8,10,15H,1H2,2-4H3. The first-order chi connectivity index (χ1) is 6.96. The fourth-order valence-electron chi connectivity index (χ4n) is 2.24. The minimum absolute atomic E-state index is 0.0897. The number of aliphatic hydroxyl groups is 1. The van der Waals surface area contributed by atoms with Crippen molar-refractivity contribution in [1.82, 2.24) is 0 Å². The fraction of sp³-hybridized carbons (Fsp3) is 0.385. The van der Waals surface area contributed by atoms with Crippen LogP contribution in [-0.4, -0.2) is 11.3 Å². The van der Waals surface area contributed by atoms with Crippen molar-refractivity contribution in [3.05, 3.63) is 42.1 Å². The number of allylic oxidation sites excluding steroid dienone is 1. The quantitative estimate of drug-likeness (QED) is 0.758. The van der Waals surface area contributed by atoms with E-state index in [0.717, 1.165) is 11.4 Å². The average Bonchev–Trinajstić information content (AvgIpc) is 2.36. The maximum atomic E-state index is 9.77. The van der Waals surface area contributed by atoms with Gasteiger partial charge in [0.25, 0.3) is 0 Å². The van der Waals surface area contributed by atoms with E-state index in [1.807, 2.05) is 23.1 Å². The normalized spacial score (nSPS) is 20.3. The van der Waals surface area contributed by atoms with Gasteiger partial charge in [0.1, 0.15) is 6.23 Å². The lowest BCUT2D eigenvalue weighted by Gasteiger charge is -2.27. The van der Waals surface area contributed by atoms with Crippen molar-refractivity contribution in [1.29, 1.82) is 0 Å². The molecule has 0 radical (unpaired) electrons. The Morgan fingerprint density at radius 1 is 1.33 bits per heavy atom. The van der Waals surface area contributed by atoms with Crippen molar-refractivity contribution >= 4 is 5.69 Å². The molecule has 2 rings (SSSR count). The van der Waals surface area contributed by atoms with Gasteiger partial charge in [-0.1, -0.05) is 38.6 Å². The zero-order valence-corrected chi connectivity index (χ0v) is 9.49. The van der Waals surface area contributed by atoms with Gasteiger partial charge in [-0.25, -0.2) is 0 Å². The summed E-state index contributed by atoms with van der Waals surface area (Å²) in [5.74, 6) is 0. The van der Waals surface area contributed by atoms with Gasteiger partial charge in [0, 0.05) is 16.8 Å². The Balaban J connectivity index is 2.62. The minimum Gasteiger partial charge on any atom is -0.374 e. The van der Waals surface area contributed by atoms with Crippen LogP contribution in [0.2, 0.25) is 0 Å². The van der Waals surface area contributed by atoms with Gasteiger partial charge in [-0.2, -0.15) is 0 Å². The minimum atomic E-state index is -0.527. The molecular formula is C13H17NO. The second-order valence-corrected chi connectivity index (χ2v) is 4.59. The van der Waals surface area contributed by atoms with E-state index < -0.39 is 6.23 Å². The molecule has 1 atom stereocenters. The van der Waals surface area contributed by atoms with E-state index in [9.17, 15) is 5.11 Å². The molecule has 0 fully saturated rings. The van der Waals surface area contributed by atoms with Gasteiger partial charge in [0.2, 0.25) is 0 Å². The second-order valence-electron chi connectivity index (χ2n) is 4.59. The summed E-state index contributed by atoms with van der Waals surface area (Å²) >= 11 is 0. The molecule has 2 nitrogen and oxygen atoms in total. The van der Waals surface area contributed by atoms with Crippen molar-refractivity contribution < 1.29 is 5.11 Å². The molecule has 0 saturated heterocycles. The van der Waals surface area contributed by atoms with E-state index >= 15 is 0 Å². The van der Waals surface area contributed by atoms with Gasteiger partial charge in [0.05, 0.1) is 0 Å². The molecule has 0 saturated carbocycles. The van der Waals surface area contributed by atoms with E-state index in [2.05, 4.69) is 26.5 Å². The van der Waals surface area contributed by atoms with E-state index in [-0.39, 0.29) is 5.41 Å². The first kappa shape index (κ1) is 10.2. The summed E-state index contributed by atoms with van der Waals surface area (Å²) in [6.07, 6.45) is -0.527. The maximum absolute atomic E-state index is 9.77. The molecule has 1 unspecified atom stereocenters. The topological polar surface area (TPSA) is 23.5 Å². The number of benzene rings is 1. The van der Waals surface area contributed by atoms with E-state index in [1.54, 1.807) is 6.92 Å². The lowest BCUT2D eigenvalue weighted by atomic mass is 9.84. The molecule has 0 spiro atoms. The average molecular weight is 203 g/mol. The number of hydrogen-bond acceptors (Lipinski definition) is 2. The molecule has 0 amide bonds. The van der Waals surface area contributed by atoms with E-state index in [1.165, 1.54) is 5.56 Å². The number of hydrogen-bond donors (Lipinski definition) is 1. The lowest BCUT2D eigenvalue weighted by Crippen LogP contribution is -2.32. The van der Waals surface area contributed by atoms with Crippen LogP contribution in [0.1, 0.15) is 26.3 Å². The Hall–Kier alpha value is -1.28. The Kier molecular flexibility index (Phi) is 2.12. The SMILES string of the molecule is C=C1N(C(C)O)c2ccccc2C1(C)C. The van der Waals surface area contributed by atoms with Crippen LogP contribution >= 0.6 is 0 Å². The molecule has 0 aliphatic carbocycles. The van der Waals surface area contributed by atoms with Gasteiger partial charge in [-0.15, -0.1) is 0 Å². The summed E-state index contributed by atoms with van der Waals surface area (Å²) in [6, 6.07) is 8.15. The lowest BCUT2D eigenvalue weighted by molar-refractivity contribution is 0.196. The summed E-state index contributed by atoms with van der Waals surface area (Å²) in [6.45, 7) is 10.1. The highest BCUT2D eigenvalue weighted by Crippen LogP contribution is 2.47. The predicted molar refractivity (Wildman–Crippen MR) is 62.8 cm³/mol. The summed E-state index contributed by atoms with van der Waals surface area (Å²) < 4.78 is 0. The molecular weight excluding hydrogens is 186 g/mol. The highest BCUT2D eigenvalue weighted by Gasteiger charge is 2.39. The number of para-hydroxylation sites is 1. The number of rotatable bonds is 1. The zero-order chi connectivity index (χ0) is 11.2. The molecule has 1 aromatic carbocycles. The monoisotopic (exact) mass is 203 g/mol. The van der Waals surface area contributed by atoms with Gasteiger partial charge < -0.3 is 10.0 Å². The van der Waals surface area contributed by atoms with Crippen molar-refractivity contribution in [2.75, 3.05) is 4.90 Å². The largest absolute Gasteiger partial charge is 0.374 e. The summed E-state index contributed by atoms with van der Waals surface area (Å²) in [7, 11) is 0. The summed E-state index contributed by atoms with van der Waals surface area (Å²) in [5, 5.41) is 9.77. The third-order valence-corrected chi connectivity index (χ3v) is 3.22. The summed E-state index contributed by atoms with van der Waals surface area (Å²) in [5.41, 5.74) is 3.17. The molecule has 0 bridgehead atoms. The van der Waals surface area contributed by atoms with Crippen LogP contribution in [-0.2, 0) is 5.41 Å². The predicted octanol–water partition coefficient (Wildman–Crippen LogP) is 2.64. The van der Waals surface area contributed by atoms with E-state index in [0.29, 0.717) is 0 Å².